The van der Waals surface area contributed by atoms with E-state index in [9.17, 15) is 9.59 Å². The molecule has 1 aromatic heterocycles. The van der Waals surface area contributed by atoms with Crippen LogP contribution in [0.3, 0.4) is 0 Å². The largest absolute Gasteiger partial charge is 0.369 e. The van der Waals surface area contributed by atoms with Crippen LogP contribution >= 0.6 is 11.3 Å². The van der Waals surface area contributed by atoms with Crippen LogP contribution in [-0.2, 0) is 4.79 Å². The highest BCUT2D eigenvalue weighted by Gasteiger charge is 2.23. The number of nitrogens with one attached hydrogen (secondary N) is 1. The topological polar surface area (TPSA) is 61.8 Å². The van der Waals surface area contributed by atoms with Crippen LogP contribution in [0.25, 0.3) is 0 Å². The van der Waals surface area contributed by atoms with Crippen molar-refractivity contribution in [3.05, 3.63) is 34.7 Å². The number of Topliss-reactive ketones (excluding diaryl/α,β-unsaturated/α-hetero) is 1. The van der Waals surface area contributed by atoms with E-state index in [2.05, 4.69) is 17.2 Å². The Hall–Kier alpha value is -1.95. The van der Waals surface area contributed by atoms with Gasteiger partial charge in [-0.3, -0.25) is 9.59 Å². The summed E-state index contributed by atoms with van der Waals surface area (Å²) in [5.41, 5.74) is 2.35. The summed E-state index contributed by atoms with van der Waals surface area (Å²) in [4.78, 5) is 26.3. The molecule has 0 saturated heterocycles. The lowest BCUT2D eigenvalue weighted by atomic mass is 10.0. The number of amides is 1. The molecule has 1 amide bonds. The van der Waals surface area contributed by atoms with Gasteiger partial charge >= 0.3 is 0 Å². The van der Waals surface area contributed by atoms with Crippen LogP contribution in [0.2, 0.25) is 0 Å². The Bertz CT molecular complexity index is 496. The molecule has 1 unspecified atom stereocenters. The van der Waals surface area contributed by atoms with Crippen molar-refractivity contribution < 1.29 is 9.59 Å². The molecule has 0 radical (unpaired) electrons. The third-order valence-electron chi connectivity index (χ3n) is 2.89. The molecule has 1 aliphatic heterocycles. The molecule has 2 rings (SSSR count). The Labute approximate surface area is 115 Å². The number of carbonyl (C=O) groups excluding carboxylic acids is 2. The maximum Gasteiger partial charge on any atom is 0.245 e. The van der Waals surface area contributed by atoms with Gasteiger partial charge in [0.05, 0.1) is 17.3 Å². The van der Waals surface area contributed by atoms with E-state index in [1.165, 1.54) is 11.3 Å². The Morgan fingerprint density at radius 3 is 3.11 bits per heavy atom. The first-order chi connectivity index (χ1) is 9.20. The third kappa shape index (κ3) is 3.51. The van der Waals surface area contributed by atoms with Crippen molar-refractivity contribution in [3.8, 4) is 0 Å². The summed E-state index contributed by atoms with van der Waals surface area (Å²) in [5.74, 6) is -0.276. The molecule has 1 N–H and O–H groups in total. The van der Waals surface area contributed by atoms with Crippen LogP contribution in [-0.4, -0.2) is 36.4 Å². The first-order valence-electron chi connectivity index (χ1n) is 5.93. The van der Waals surface area contributed by atoms with Crippen LogP contribution in [0.5, 0.6) is 0 Å². The predicted molar refractivity (Wildman–Crippen MR) is 75.2 cm³/mol. The zero-order chi connectivity index (χ0) is 13.7. The lowest BCUT2D eigenvalue weighted by Crippen LogP contribution is -2.39. The standard InChI is InChI=1S/C13H15N3O2S/c1-14-15-13(18)10-4-2-6-16(8-10)9-11(17)12-5-3-7-19-12/h2-3,5-7,10H,1,4,8-9H2,(H,15,18). The van der Waals surface area contributed by atoms with Gasteiger partial charge in [0.1, 0.15) is 0 Å². The minimum Gasteiger partial charge on any atom is -0.369 e. The van der Waals surface area contributed by atoms with E-state index in [1.54, 1.807) is 0 Å². The van der Waals surface area contributed by atoms with Crippen molar-refractivity contribution in [1.29, 1.82) is 0 Å². The Balaban J connectivity index is 1.93. The highest BCUT2D eigenvalue weighted by molar-refractivity contribution is 7.12. The second-order valence-electron chi connectivity index (χ2n) is 4.28. The van der Waals surface area contributed by atoms with E-state index < -0.39 is 0 Å². The lowest BCUT2D eigenvalue weighted by molar-refractivity contribution is -0.125. The second kappa shape index (κ2) is 6.29. The average molecular weight is 277 g/mol. The van der Waals surface area contributed by atoms with Crippen molar-refractivity contribution in [2.24, 2.45) is 11.0 Å². The van der Waals surface area contributed by atoms with Crippen molar-refractivity contribution in [2.75, 3.05) is 13.1 Å². The molecule has 1 atom stereocenters. The van der Waals surface area contributed by atoms with E-state index in [0.717, 1.165) is 4.88 Å². The first kappa shape index (κ1) is 13.5. The van der Waals surface area contributed by atoms with Gasteiger partial charge in [-0.2, -0.15) is 5.10 Å². The minimum atomic E-state index is -0.188. The normalized spacial score (nSPS) is 18.1. The fourth-order valence-corrected chi connectivity index (χ4v) is 2.63. The van der Waals surface area contributed by atoms with Gasteiger partial charge in [0, 0.05) is 13.3 Å². The van der Waals surface area contributed by atoms with Gasteiger partial charge in [-0.15, -0.1) is 11.3 Å². The molecule has 0 saturated carbocycles. The summed E-state index contributed by atoms with van der Waals surface area (Å²) in [6, 6.07) is 3.67. The first-order valence-corrected chi connectivity index (χ1v) is 6.81. The van der Waals surface area contributed by atoms with Gasteiger partial charge in [-0.05, 0) is 24.1 Å². The van der Waals surface area contributed by atoms with E-state index in [-0.39, 0.29) is 17.6 Å². The molecule has 0 spiro atoms. The molecule has 0 fully saturated rings. The van der Waals surface area contributed by atoms with Crippen LogP contribution in [0.15, 0.2) is 34.9 Å². The number of hydrogen-bond acceptors (Lipinski definition) is 5. The quantitative estimate of drug-likeness (QED) is 0.504. The summed E-state index contributed by atoms with van der Waals surface area (Å²) in [6.45, 7) is 4.05. The van der Waals surface area contributed by atoms with Crippen LogP contribution in [0.1, 0.15) is 16.1 Å². The zero-order valence-electron chi connectivity index (χ0n) is 10.4. The number of hydrogen-bond donors (Lipinski definition) is 1. The average Bonchev–Trinajstić information content (AvgIpc) is 2.93. The van der Waals surface area contributed by atoms with Gasteiger partial charge in [0.25, 0.3) is 0 Å². The molecule has 5 nitrogen and oxygen atoms in total. The maximum absolute atomic E-state index is 12.0. The smallest absolute Gasteiger partial charge is 0.245 e. The number of allylic oxidation sites excluding steroid dienone is 1. The van der Waals surface area contributed by atoms with Crippen molar-refractivity contribution >= 4 is 29.7 Å². The lowest BCUT2D eigenvalue weighted by Gasteiger charge is -2.27. The van der Waals surface area contributed by atoms with Gasteiger partial charge in [-0.25, -0.2) is 5.43 Å². The van der Waals surface area contributed by atoms with Gasteiger partial charge in [-0.1, -0.05) is 12.1 Å². The van der Waals surface area contributed by atoms with Crippen molar-refractivity contribution in [1.82, 2.24) is 10.3 Å². The molecule has 2 heterocycles. The highest BCUT2D eigenvalue weighted by atomic mass is 32.1. The number of ketones is 1. The molecule has 0 bridgehead atoms. The molecule has 1 aliphatic rings. The monoisotopic (exact) mass is 277 g/mol. The number of nitrogens with zero attached hydrogens (tertiary/aromatic N) is 2. The summed E-state index contributed by atoms with van der Waals surface area (Å²) in [7, 11) is 0. The van der Waals surface area contributed by atoms with Crippen molar-refractivity contribution in [2.45, 2.75) is 6.42 Å². The number of rotatable bonds is 5. The summed E-state index contributed by atoms with van der Waals surface area (Å²) in [6.07, 6.45) is 4.43. The highest BCUT2D eigenvalue weighted by Crippen LogP contribution is 2.16. The van der Waals surface area contributed by atoms with Gasteiger partial charge in [0.15, 0.2) is 5.78 Å². The Kier molecular flexibility index (Phi) is 4.46. The summed E-state index contributed by atoms with van der Waals surface area (Å²) >= 11 is 1.43. The SMILES string of the molecule is C=NNC(=O)C1CC=CN(CC(=O)c2cccs2)C1. The second-order valence-corrected chi connectivity index (χ2v) is 5.23. The van der Waals surface area contributed by atoms with E-state index >= 15 is 0 Å². The third-order valence-corrected chi connectivity index (χ3v) is 3.81. The zero-order valence-corrected chi connectivity index (χ0v) is 11.2. The van der Waals surface area contributed by atoms with Gasteiger partial charge in [0.2, 0.25) is 5.91 Å². The molecule has 6 heteroatoms. The van der Waals surface area contributed by atoms with Crippen molar-refractivity contribution in [3.63, 3.8) is 0 Å². The minimum absolute atomic E-state index is 0.0718. The maximum atomic E-state index is 12.0. The molecule has 19 heavy (non-hydrogen) atoms. The van der Waals surface area contributed by atoms with Gasteiger partial charge < -0.3 is 4.90 Å². The van der Waals surface area contributed by atoms with Crippen LogP contribution in [0, 0.1) is 5.92 Å². The Morgan fingerprint density at radius 1 is 1.58 bits per heavy atom. The van der Waals surface area contributed by atoms with E-state index in [4.69, 9.17) is 0 Å². The predicted octanol–water partition coefficient (Wildman–Crippen LogP) is 1.50. The van der Waals surface area contributed by atoms with Crippen LogP contribution < -0.4 is 5.43 Å². The molecule has 0 aromatic carbocycles. The van der Waals surface area contributed by atoms with Crippen LogP contribution in [0.4, 0.5) is 0 Å². The van der Waals surface area contributed by atoms with E-state index in [1.807, 2.05) is 34.7 Å². The fourth-order valence-electron chi connectivity index (χ4n) is 1.97. The molecule has 1 aromatic rings. The molecule has 0 aliphatic carbocycles. The fraction of sp³-hybridized carbons (Fsp3) is 0.308. The molecular weight excluding hydrogens is 262 g/mol. The number of carbonyl (C=O) groups is 2. The number of thiophene rings is 1. The molecular formula is C13H15N3O2S. The Morgan fingerprint density at radius 2 is 2.42 bits per heavy atom. The molecule has 100 valence electrons. The number of hydrazone groups is 1. The summed E-state index contributed by atoms with van der Waals surface area (Å²) < 4.78 is 0. The summed E-state index contributed by atoms with van der Waals surface area (Å²) in [5, 5.41) is 5.26. The van der Waals surface area contributed by atoms with E-state index in [0.29, 0.717) is 19.5 Å².